The first-order valence-electron chi connectivity index (χ1n) is 9.55. The maximum Gasteiger partial charge on any atom is 0.260 e. The average Bonchev–Trinajstić information content (AvgIpc) is 3.16. The van der Waals surface area contributed by atoms with Gasteiger partial charge in [-0.3, -0.25) is 18.6 Å². The molecule has 0 fully saturated rings. The lowest BCUT2D eigenvalue weighted by atomic mass is 9.86. The highest BCUT2D eigenvalue weighted by Crippen LogP contribution is 2.39. The summed E-state index contributed by atoms with van der Waals surface area (Å²) < 4.78 is 14.1. The van der Waals surface area contributed by atoms with E-state index in [2.05, 4.69) is 10.3 Å². The van der Waals surface area contributed by atoms with Crippen LogP contribution in [0.3, 0.4) is 0 Å². The summed E-state index contributed by atoms with van der Waals surface area (Å²) in [6.07, 6.45) is 0.163. The Hall–Kier alpha value is -3.81. The summed E-state index contributed by atoms with van der Waals surface area (Å²) >= 11 is 0. The van der Waals surface area contributed by atoms with Crippen LogP contribution in [-0.4, -0.2) is 34.1 Å². The maximum absolute atomic E-state index is 13.4. The van der Waals surface area contributed by atoms with E-state index in [9.17, 15) is 9.59 Å². The Morgan fingerprint density at radius 2 is 1.83 bits per heavy atom. The Kier molecular flexibility index (Phi) is 4.02. The fraction of sp³-hybridized carbons (Fsp3) is 0.227. The van der Waals surface area contributed by atoms with Crippen molar-refractivity contribution in [2.45, 2.75) is 12.3 Å². The molecule has 0 spiro atoms. The molecule has 1 atom stereocenters. The molecule has 1 amide bonds. The molecule has 2 aromatic heterocycles. The van der Waals surface area contributed by atoms with Crippen LogP contribution in [0.4, 0.5) is 5.82 Å². The zero-order chi connectivity index (χ0) is 21.0. The number of aromatic nitrogens is 3. The first kappa shape index (κ1) is 18.2. The average molecular weight is 404 g/mol. The van der Waals surface area contributed by atoms with Crippen LogP contribution in [0.15, 0.2) is 47.3 Å². The predicted octanol–water partition coefficient (Wildman–Crippen LogP) is 2.68. The number of para-hydroxylation sites is 2. The Morgan fingerprint density at radius 1 is 1.07 bits per heavy atom. The molecule has 4 aromatic rings. The van der Waals surface area contributed by atoms with Gasteiger partial charge in [0.2, 0.25) is 11.7 Å². The molecule has 5 rings (SSSR count). The van der Waals surface area contributed by atoms with Gasteiger partial charge in [0.05, 0.1) is 30.8 Å². The van der Waals surface area contributed by atoms with Gasteiger partial charge in [0.15, 0.2) is 11.5 Å². The van der Waals surface area contributed by atoms with Crippen LogP contribution in [0.5, 0.6) is 11.5 Å². The van der Waals surface area contributed by atoms with E-state index in [0.717, 1.165) is 16.6 Å². The monoisotopic (exact) mass is 404 g/mol. The van der Waals surface area contributed by atoms with Crippen LogP contribution in [0.1, 0.15) is 23.5 Å². The zero-order valence-corrected chi connectivity index (χ0v) is 16.8. The van der Waals surface area contributed by atoms with Crippen molar-refractivity contribution in [3.05, 3.63) is 63.9 Å². The van der Waals surface area contributed by atoms with E-state index >= 15 is 0 Å². The Labute approximate surface area is 171 Å². The molecule has 1 N–H and O–H groups in total. The first-order chi connectivity index (χ1) is 14.5. The van der Waals surface area contributed by atoms with E-state index in [-0.39, 0.29) is 17.9 Å². The van der Waals surface area contributed by atoms with E-state index in [4.69, 9.17) is 9.47 Å². The largest absolute Gasteiger partial charge is 0.493 e. The number of amides is 1. The predicted molar refractivity (Wildman–Crippen MR) is 113 cm³/mol. The molecular formula is C22H20N4O4. The number of anilines is 1. The van der Waals surface area contributed by atoms with Crippen LogP contribution in [0.2, 0.25) is 0 Å². The van der Waals surface area contributed by atoms with Gasteiger partial charge in [-0.05, 0) is 29.8 Å². The van der Waals surface area contributed by atoms with Crippen molar-refractivity contribution >= 4 is 28.5 Å². The third kappa shape index (κ3) is 2.50. The summed E-state index contributed by atoms with van der Waals surface area (Å²) in [5.41, 5.74) is 2.73. The number of ether oxygens (including phenoxy) is 2. The van der Waals surface area contributed by atoms with Crippen LogP contribution in [-0.2, 0) is 11.8 Å². The number of carbonyl (C=O) groups excluding carboxylic acids is 1. The van der Waals surface area contributed by atoms with E-state index < -0.39 is 5.92 Å². The van der Waals surface area contributed by atoms with Gasteiger partial charge in [-0.25, -0.2) is 4.98 Å². The number of aryl methyl sites for hydroxylation is 1. The lowest BCUT2D eigenvalue weighted by molar-refractivity contribution is -0.116. The number of fused-ring (bicyclic) bond motifs is 5. The Bertz CT molecular complexity index is 1390. The summed E-state index contributed by atoms with van der Waals surface area (Å²) in [5.74, 6) is 1.51. The van der Waals surface area contributed by atoms with Gasteiger partial charge in [0.1, 0.15) is 5.82 Å². The van der Waals surface area contributed by atoms with E-state index in [1.807, 2.05) is 40.8 Å². The van der Waals surface area contributed by atoms with E-state index in [1.165, 1.54) is 4.57 Å². The molecule has 30 heavy (non-hydrogen) atoms. The highest BCUT2D eigenvalue weighted by molar-refractivity contribution is 5.96. The number of rotatable bonds is 3. The molecule has 0 radical (unpaired) electrons. The highest BCUT2D eigenvalue weighted by atomic mass is 16.5. The lowest BCUT2D eigenvalue weighted by Gasteiger charge is -2.27. The van der Waals surface area contributed by atoms with Gasteiger partial charge in [-0.1, -0.05) is 18.2 Å². The molecule has 8 nitrogen and oxygen atoms in total. The molecule has 0 saturated carbocycles. The minimum atomic E-state index is -0.419. The molecule has 8 heteroatoms. The van der Waals surface area contributed by atoms with Gasteiger partial charge in [-0.2, -0.15) is 0 Å². The number of methoxy groups -OCH3 is 2. The topological polar surface area (TPSA) is 86.9 Å². The Balaban J connectivity index is 1.83. The Morgan fingerprint density at radius 3 is 2.60 bits per heavy atom. The molecule has 1 aliphatic rings. The molecule has 0 saturated heterocycles. The van der Waals surface area contributed by atoms with Crippen molar-refractivity contribution in [2.24, 2.45) is 7.05 Å². The number of nitrogens with zero attached hydrogens (tertiary/aromatic N) is 3. The third-order valence-electron chi connectivity index (χ3n) is 5.66. The van der Waals surface area contributed by atoms with Crippen molar-refractivity contribution in [3.63, 3.8) is 0 Å². The van der Waals surface area contributed by atoms with Crippen molar-refractivity contribution in [3.8, 4) is 11.5 Å². The third-order valence-corrected chi connectivity index (χ3v) is 5.66. The summed E-state index contributed by atoms with van der Waals surface area (Å²) in [6, 6.07) is 13.1. The van der Waals surface area contributed by atoms with Gasteiger partial charge in [0.25, 0.3) is 5.56 Å². The second-order valence-corrected chi connectivity index (χ2v) is 7.28. The minimum absolute atomic E-state index is 0.158. The fourth-order valence-electron chi connectivity index (χ4n) is 4.21. The number of hydrogen-bond donors (Lipinski definition) is 1. The summed E-state index contributed by atoms with van der Waals surface area (Å²) in [7, 11) is 4.83. The first-order valence-corrected chi connectivity index (χ1v) is 9.55. The molecule has 0 bridgehead atoms. The number of hydrogen-bond acceptors (Lipinski definition) is 5. The highest BCUT2D eigenvalue weighted by Gasteiger charge is 2.33. The van der Waals surface area contributed by atoms with Gasteiger partial charge >= 0.3 is 0 Å². The molecule has 152 valence electrons. The van der Waals surface area contributed by atoms with E-state index in [1.54, 1.807) is 27.3 Å². The molecule has 3 heterocycles. The standard InChI is InChI=1S/C22H20N4O4/c1-25-21(28)19-13(12-8-9-16(29-2)17(10-12)30-3)11-18(27)24-20(19)26-15-7-5-4-6-14(15)23-22(25)26/h4-10,13H,11H2,1-3H3,(H,24,27)/t13-/m1/s1. The number of nitrogens with one attached hydrogen (secondary N) is 1. The van der Waals surface area contributed by atoms with Crippen molar-refractivity contribution in [2.75, 3.05) is 19.5 Å². The quantitative estimate of drug-likeness (QED) is 0.567. The lowest BCUT2D eigenvalue weighted by Crippen LogP contribution is -2.35. The molecule has 0 unspecified atom stereocenters. The normalized spacial score (nSPS) is 15.8. The van der Waals surface area contributed by atoms with Gasteiger partial charge in [-0.15, -0.1) is 0 Å². The SMILES string of the molecule is COc1ccc([C@H]2CC(=O)Nc3c2c(=O)n(C)c2nc4ccccc4n32)cc1OC. The maximum atomic E-state index is 13.4. The smallest absolute Gasteiger partial charge is 0.260 e. The van der Waals surface area contributed by atoms with Crippen molar-refractivity contribution in [1.82, 2.24) is 14.0 Å². The number of carbonyl (C=O) groups is 1. The molecule has 1 aliphatic heterocycles. The molecule has 0 aliphatic carbocycles. The van der Waals surface area contributed by atoms with Crippen molar-refractivity contribution < 1.29 is 14.3 Å². The summed E-state index contributed by atoms with van der Waals surface area (Å²) in [6.45, 7) is 0. The van der Waals surface area contributed by atoms with Crippen LogP contribution >= 0.6 is 0 Å². The number of benzene rings is 2. The van der Waals surface area contributed by atoms with Crippen LogP contribution in [0.25, 0.3) is 16.8 Å². The zero-order valence-electron chi connectivity index (χ0n) is 16.8. The second-order valence-electron chi connectivity index (χ2n) is 7.28. The molecular weight excluding hydrogens is 384 g/mol. The minimum Gasteiger partial charge on any atom is -0.493 e. The fourth-order valence-corrected chi connectivity index (χ4v) is 4.21. The van der Waals surface area contributed by atoms with Gasteiger partial charge in [0, 0.05) is 19.4 Å². The van der Waals surface area contributed by atoms with Crippen molar-refractivity contribution in [1.29, 1.82) is 0 Å². The summed E-state index contributed by atoms with van der Waals surface area (Å²) in [5, 5.41) is 2.91. The van der Waals surface area contributed by atoms with E-state index in [0.29, 0.717) is 28.7 Å². The van der Waals surface area contributed by atoms with Crippen LogP contribution < -0.4 is 20.3 Å². The van der Waals surface area contributed by atoms with Crippen LogP contribution in [0, 0.1) is 0 Å². The second kappa shape index (κ2) is 6.62. The summed E-state index contributed by atoms with van der Waals surface area (Å²) in [4.78, 5) is 30.6. The number of imidazole rings is 1. The van der Waals surface area contributed by atoms with Gasteiger partial charge < -0.3 is 14.8 Å². The molecule has 2 aromatic carbocycles.